The van der Waals surface area contributed by atoms with E-state index in [1.807, 2.05) is 30.8 Å². The van der Waals surface area contributed by atoms with Crippen LogP contribution in [-0.2, 0) is 9.59 Å². The number of hydrogen-bond acceptors (Lipinski definition) is 8. The predicted octanol–water partition coefficient (Wildman–Crippen LogP) is 2.54. The van der Waals surface area contributed by atoms with E-state index >= 15 is 4.39 Å². The van der Waals surface area contributed by atoms with Crippen LogP contribution in [0.4, 0.5) is 20.2 Å². The Morgan fingerprint density at radius 1 is 1.20 bits per heavy atom. The predicted molar refractivity (Wildman–Crippen MR) is 144 cm³/mol. The lowest BCUT2D eigenvalue weighted by molar-refractivity contribution is -0.131. The minimum absolute atomic E-state index is 0.0728. The topological polar surface area (TPSA) is 102 Å². The number of anilines is 2. The van der Waals surface area contributed by atoms with Crippen molar-refractivity contribution in [2.45, 2.75) is 25.1 Å². The van der Waals surface area contributed by atoms with Crippen LogP contribution in [-0.4, -0.2) is 95.2 Å². The zero-order valence-electron chi connectivity index (χ0n) is 22.3. The number of aromatic hydroxyl groups is 1. The number of rotatable bonds is 4. The fourth-order valence-corrected chi connectivity index (χ4v) is 5.89. The molecule has 5 heterocycles. The molecule has 0 bridgehead atoms. The van der Waals surface area contributed by atoms with Crippen LogP contribution in [0.2, 0.25) is 0 Å². The Morgan fingerprint density at radius 2 is 1.98 bits per heavy atom. The van der Waals surface area contributed by atoms with Crippen molar-refractivity contribution in [1.82, 2.24) is 19.8 Å². The second kappa shape index (κ2) is 9.40. The summed E-state index contributed by atoms with van der Waals surface area (Å²) in [6.45, 7) is 6.61. The summed E-state index contributed by atoms with van der Waals surface area (Å²) in [4.78, 5) is 42.5. The maximum Gasteiger partial charge on any atom is 0.251 e. The molecule has 10 nitrogen and oxygen atoms in total. The first kappa shape index (κ1) is 25.9. The Kier molecular flexibility index (Phi) is 6.10. The van der Waals surface area contributed by atoms with Gasteiger partial charge in [-0.1, -0.05) is 12.6 Å². The first-order valence-corrected chi connectivity index (χ1v) is 12.9. The summed E-state index contributed by atoms with van der Waals surface area (Å²) in [7, 11) is 3.77. The SMILES string of the molecule is C=CC(=O)N1C[C@@H]2C(=O)N3C[C@@H](CN(C)C)Oc4nc5nc(-c6c(O)cccc6F)c(F)cc5c(c43)N2C[C@H]1C. The molecule has 3 aliphatic heterocycles. The molecule has 1 fully saturated rings. The Hall–Kier alpha value is -4.32. The van der Waals surface area contributed by atoms with E-state index in [2.05, 4.69) is 16.5 Å². The van der Waals surface area contributed by atoms with Gasteiger partial charge in [-0.15, -0.1) is 0 Å². The van der Waals surface area contributed by atoms with Crippen LogP contribution < -0.4 is 14.5 Å². The lowest BCUT2D eigenvalue weighted by Crippen LogP contribution is -2.67. The van der Waals surface area contributed by atoms with E-state index in [1.165, 1.54) is 24.3 Å². The molecule has 40 heavy (non-hydrogen) atoms. The van der Waals surface area contributed by atoms with Crippen molar-refractivity contribution < 1.29 is 28.2 Å². The average Bonchev–Trinajstić information content (AvgIpc) is 2.90. The molecule has 0 spiro atoms. The molecule has 0 unspecified atom stereocenters. The quantitative estimate of drug-likeness (QED) is 0.495. The van der Waals surface area contributed by atoms with Crippen LogP contribution >= 0.6 is 0 Å². The van der Waals surface area contributed by atoms with Crippen molar-refractivity contribution in [3.05, 3.63) is 48.6 Å². The average molecular weight is 551 g/mol. The molecular weight excluding hydrogens is 522 g/mol. The molecule has 208 valence electrons. The number of nitrogens with zero attached hydrogens (tertiary/aromatic N) is 6. The second-order valence-electron chi connectivity index (χ2n) is 10.6. The molecule has 1 N–H and O–H groups in total. The van der Waals surface area contributed by atoms with Gasteiger partial charge in [-0.2, -0.15) is 4.98 Å². The molecule has 1 aromatic carbocycles. The van der Waals surface area contributed by atoms with Gasteiger partial charge >= 0.3 is 0 Å². The van der Waals surface area contributed by atoms with Gasteiger partial charge in [0.2, 0.25) is 11.8 Å². The van der Waals surface area contributed by atoms with Gasteiger partial charge in [-0.25, -0.2) is 13.8 Å². The minimum Gasteiger partial charge on any atom is -0.507 e. The van der Waals surface area contributed by atoms with Gasteiger partial charge in [0.1, 0.15) is 35.1 Å². The molecule has 3 aliphatic rings. The molecular formula is C28H28F2N6O4. The fourth-order valence-electron chi connectivity index (χ4n) is 5.89. The van der Waals surface area contributed by atoms with Gasteiger partial charge in [0.25, 0.3) is 5.91 Å². The van der Waals surface area contributed by atoms with Crippen LogP contribution in [0.5, 0.6) is 11.6 Å². The van der Waals surface area contributed by atoms with Gasteiger partial charge < -0.3 is 29.4 Å². The van der Waals surface area contributed by atoms with E-state index in [-0.39, 0.29) is 54.6 Å². The van der Waals surface area contributed by atoms with E-state index in [4.69, 9.17) is 4.74 Å². The number of carbonyl (C=O) groups excluding carboxylic acids is 2. The molecule has 6 rings (SSSR count). The van der Waals surface area contributed by atoms with Crippen LogP contribution in [0, 0.1) is 11.6 Å². The number of phenols is 1. The van der Waals surface area contributed by atoms with Crippen molar-refractivity contribution in [1.29, 1.82) is 0 Å². The molecule has 2 aromatic heterocycles. The molecule has 3 atom stereocenters. The maximum atomic E-state index is 15.7. The van der Waals surface area contributed by atoms with Crippen LogP contribution in [0.3, 0.4) is 0 Å². The number of carbonyl (C=O) groups is 2. The Labute approximate surface area is 229 Å². The molecule has 2 amide bonds. The first-order valence-electron chi connectivity index (χ1n) is 12.9. The van der Waals surface area contributed by atoms with Gasteiger partial charge in [0.15, 0.2) is 11.5 Å². The number of amides is 2. The van der Waals surface area contributed by atoms with Crippen molar-refractivity contribution in [2.24, 2.45) is 0 Å². The third-order valence-corrected chi connectivity index (χ3v) is 7.61. The first-order chi connectivity index (χ1) is 19.1. The van der Waals surface area contributed by atoms with Crippen molar-refractivity contribution in [3.63, 3.8) is 0 Å². The molecule has 12 heteroatoms. The third-order valence-electron chi connectivity index (χ3n) is 7.61. The Bertz CT molecular complexity index is 1560. The summed E-state index contributed by atoms with van der Waals surface area (Å²) >= 11 is 0. The highest BCUT2D eigenvalue weighted by atomic mass is 19.1. The number of halogens is 2. The van der Waals surface area contributed by atoms with Crippen molar-refractivity contribution in [3.8, 4) is 22.9 Å². The number of ether oxygens (including phenoxy) is 1. The second-order valence-corrected chi connectivity index (χ2v) is 10.6. The standard InChI is InChI=1S/C28H28F2N6O4/c1-5-21(38)34-13-19-28(39)36-12-15(11-33(3)4)40-27-25(36)24(35(19)10-14(34)2)16-9-18(30)23(31-26(16)32-27)22-17(29)7-6-8-20(22)37/h5-9,14-15,19,37H,1,10-13H2,2-4H3/t14-,15-,19-/m1/s1. The van der Waals surface area contributed by atoms with Gasteiger partial charge in [-0.05, 0) is 45.3 Å². The van der Waals surface area contributed by atoms with E-state index in [1.54, 1.807) is 9.80 Å². The molecule has 0 radical (unpaired) electrons. The molecule has 0 saturated carbocycles. The fraction of sp³-hybridized carbons (Fsp3) is 0.357. The van der Waals surface area contributed by atoms with Crippen LogP contribution in [0.25, 0.3) is 22.3 Å². The summed E-state index contributed by atoms with van der Waals surface area (Å²) in [6, 6.07) is 3.87. The number of benzene rings is 1. The highest BCUT2D eigenvalue weighted by Crippen LogP contribution is 2.50. The highest BCUT2D eigenvalue weighted by molar-refractivity contribution is 6.13. The summed E-state index contributed by atoms with van der Waals surface area (Å²) in [6.07, 6.45) is 0.811. The minimum atomic E-state index is -0.860. The Balaban J connectivity index is 1.58. The molecule has 1 saturated heterocycles. The summed E-state index contributed by atoms with van der Waals surface area (Å²) < 4.78 is 36.6. The van der Waals surface area contributed by atoms with E-state index in [0.717, 1.165) is 6.07 Å². The van der Waals surface area contributed by atoms with Crippen LogP contribution in [0.15, 0.2) is 36.9 Å². The maximum absolute atomic E-state index is 15.7. The van der Waals surface area contributed by atoms with Gasteiger partial charge in [0.05, 0.1) is 24.3 Å². The number of phenolic OH excluding ortho intramolecular Hbond substituents is 1. The van der Waals surface area contributed by atoms with Gasteiger partial charge in [0, 0.05) is 24.5 Å². The number of piperazine rings is 1. The largest absolute Gasteiger partial charge is 0.507 e. The van der Waals surface area contributed by atoms with Crippen molar-refractivity contribution in [2.75, 3.05) is 50.1 Å². The van der Waals surface area contributed by atoms with Crippen molar-refractivity contribution >= 4 is 34.2 Å². The smallest absolute Gasteiger partial charge is 0.251 e. The van der Waals surface area contributed by atoms with E-state index in [0.29, 0.717) is 23.3 Å². The lowest BCUT2D eigenvalue weighted by atomic mass is 9.97. The Morgan fingerprint density at radius 3 is 2.67 bits per heavy atom. The number of pyridine rings is 2. The normalized spacial score (nSPS) is 21.8. The monoisotopic (exact) mass is 550 g/mol. The summed E-state index contributed by atoms with van der Waals surface area (Å²) in [5, 5.41) is 10.6. The van der Waals surface area contributed by atoms with Gasteiger partial charge in [-0.3, -0.25) is 9.59 Å². The van der Waals surface area contributed by atoms with Crippen LogP contribution in [0.1, 0.15) is 6.92 Å². The van der Waals surface area contributed by atoms with E-state index < -0.39 is 35.2 Å². The third kappa shape index (κ3) is 3.93. The summed E-state index contributed by atoms with van der Waals surface area (Å²) in [5.41, 5.74) is 0.242. The number of fused-ring (bicyclic) bond motifs is 4. The number of aromatic nitrogens is 2. The lowest BCUT2D eigenvalue weighted by Gasteiger charge is -2.52. The van der Waals surface area contributed by atoms with E-state index in [9.17, 15) is 19.1 Å². The molecule has 3 aromatic rings. The molecule has 0 aliphatic carbocycles. The zero-order valence-corrected chi connectivity index (χ0v) is 22.3. The number of hydrogen-bond donors (Lipinski definition) is 1. The zero-order chi connectivity index (χ0) is 28.5. The number of likely N-dealkylation sites (N-methyl/N-ethyl adjacent to an activating group) is 1. The summed E-state index contributed by atoms with van der Waals surface area (Å²) in [5.74, 6) is -2.48. The highest BCUT2D eigenvalue weighted by Gasteiger charge is 2.49.